The zero-order valence-electron chi connectivity index (χ0n) is 20.9. The van der Waals surface area contributed by atoms with Crippen molar-refractivity contribution < 1.29 is 20.1 Å². The van der Waals surface area contributed by atoms with Crippen molar-refractivity contribution in [3.63, 3.8) is 0 Å². The Balaban J connectivity index is 1.71. The minimum absolute atomic E-state index is 0.348. The summed E-state index contributed by atoms with van der Waals surface area (Å²) in [6.07, 6.45) is 12.0. The predicted octanol–water partition coefficient (Wildman–Crippen LogP) is 5.33. The molecule has 0 spiro atoms. The lowest BCUT2D eigenvalue weighted by Gasteiger charge is -2.44. The quantitative estimate of drug-likeness (QED) is 0.494. The van der Waals surface area contributed by atoms with Crippen LogP contribution in [0.4, 0.5) is 0 Å². The van der Waals surface area contributed by atoms with E-state index in [-0.39, 0.29) is 0 Å². The first-order valence-corrected chi connectivity index (χ1v) is 12.7. The van der Waals surface area contributed by atoms with Gasteiger partial charge in [-0.1, -0.05) is 51.0 Å². The lowest BCUT2D eigenvalue weighted by Crippen LogP contribution is -2.44. The predicted molar refractivity (Wildman–Crippen MR) is 130 cm³/mol. The Bertz CT molecular complexity index is 730. The second kappa shape index (κ2) is 10.1. The van der Waals surface area contributed by atoms with Gasteiger partial charge in [0.1, 0.15) is 12.2 Å². The van der Waals surface area contributed by atoms with Gasteiger partial charge in [-0.05, 0) is 86.7 Å². The molecular weight excluding hydrogens is 400 g/mol. The molecule has 0 radical (unpaired) electrons. The van der Waals surface area contributed by atoms with E-state index >= 15 is 0 Å². The molecule has 7 atom stereocenters. The molecule has 3 aliphatic rings. The van der Waals surface area contributed by atoms with Gasteiger partial charge in [0.25, 0.3) is 0 Å². The standard InChI is InChI=1S/C28H46O4/c1-18(9-7-15-27(3,4)31)22-13-14-23-20(10-8-16-28(22,23)5)11-12-21-17-24(29)26(32-6)25(30)19(21)2/h11-12,18,22-26,29-31H,2,7-10,13-17H2,1,3-6H3/b20-11+,21-12-/t18-,22-,23?,24-,25-,26-,28?/m1/s1. The van der Waals surface area contributed by atoms with E-state index in [2.05, 4.69) is 32.6 Å². The van der Waals surface area contributed by atoms with Crippen LogP contribution in [0.5, 0.6) is 0 Å². The van der Waals surface area contributed by atoms with E-state index in [9.17, 15) is 15.3 Å². The van der Waals surface area contributed by atoms with Gasteiger partial charge < -0.3 is 20.1 Å². The Morgan fingerprint density at radius 2 is 1.97 bits per heavy atom. The van der Waals surface area contributed by atoms with Gasteiger partial charge in [0.2, 0.25) is 0 Å². The summed E-state index contributed by atoms with van der Waals surface area (Å²) in [6, 6.07) is 0. The Labute approximate surface area is 195 Å². The number of hydrogen-bond acceptors (Lipinski definition) is 4. The molecule has 0 aromatic rings. The fraction of sp³-hybridized carbons (Fsp3) is 0.786. The molecule has 3 saturated carbocycles. The first-order valence-electron chi connectivity index (χ1n) is 12.7. The number of ether oxygens (including phenoxy) is 1. The van der Waals surface area contributed by atoms with E-state index in [4.69, 9.17) is 4.74 Å². The fourth-order valence-corrected chi connectivity index (χ4v) is 7.01. The van der Waals surface area contributed by atoms with Gasteiger partial charge in [-0.2, -0.15) is 0 Å². The number of allylic oxidation sites excluding steroid dienone is 3. The topological polar surface area (TPSA) is 69.9 Å². The molecule has 0 saturated heterocycles. The third kappa shape index (κ3) is 5.41. The molecule has 0 aromatic heterocycles. The maximum Gasteiger partial charge on any atom is 0.113 e. The van der Waals surface area contributed by atoms with Crippen LogP contribution in [0.2, 0.25) is 0 Å². The smallest absolute Gasteiger partial charge is 0.113 e. The van der Waals surface area contributed by atoms with E-state index in [1.165, 1.54) is 44.8 Å². The van der Waals surface area contributed by atoms with Crippen molar-refractivity contribution in [1.29, 1.82) is 0 Å². The first-order chi connectivity index (χ1) is 15.0. The summed E-state index contributed by atoms with van der Waals surface area (Å²) in [7, 11) is 1.52. The zero-order valence-corrected chi connectivity index (χ0v) is 20.9. The van der Waals surface area contributed by atoms with Gasteiger partial charge in [-0.15, -0.1) is 0 Å². The van der Waals surface area contributed by atoms with Gasteiger partial charge in [0, 0.05) is 13.5 Å². The van der Waals surface area contributed by atoms with Crippen LogP contribution in [0.15, 0.2) is 35.5 Å². The van der Waals surface area contributed by atoms with Crippen molar-refractivity contribution in [2.75, 3.05) is 7.11 Å². The average molecular weight is 447 g/mol. The summed E-state index contributed by atoms with van der Waals surface area (Å²) < 4.78 is 5.26. The molecule has 3 rings (SSSR count). The number of methoxy groups -OCH3 is 1. The molecule has 4 nitrogen and oxygen atoms in total. The molecule has 0 aliphatic heterocycles. The molecule has 0 aromatic carbocycles. The van der Waals surface area contributed by atoms with Crippen molar-refractivity contribution in [2.45, 2.75) is 109 Å². The molecule has 2 unspecified atom stereocenters. The lowest BCUT2D eigenvalue weighted by molar-refractivity contribution is -0.0759. The van der Waals surface area contributed by atoms with Crippen LogP contribution in [-0.2, 0) is 4.74 Å². The SMILES string of the molecule is C=C1/C(=C\C=C2/CCCC3(C)C2CC[C@@H]3[C@H](C)CCCC(C)(C)O)C[C@@H](O)[C@@H](OC)[C@@H]1O. The summed E-state index contributed by atoms with van der Waals surface area (Å²) in [5, 5.41) is 30.9. The summed E-state index contributed by atoms with van der Waals surface area (Å²) >= 11 is 0. The monoisotopic (exact) mass is 446 g/mol. The van der Waals surface area contributed by atoms with Crippen molar-refractivity contribution in [3.05, 3.63) is 35.5 Å². The van der Waals surface area contributed by atoms with Gasteiger partial charge >= 0.3 is 0 Å². The number of aliphatic hydroxyl groups is 3. The third-order valence-corrected chi connectivity index (χ3v) is 8.83. The maximum absolute atomic E-state index is 10.5. The largest absolute Gasteiger partial charge is 0.390 e. The molecular formula is C28H46O4. The minimum atomic E-state index is -0.856. The highest BCUT2D eigenvalue weighted by atomic mass is 16.5. The number of aliphatic hydroxyl groups excluding tert-OH is 2. The molecule has 0 bridgehead atoms. The summed E-state index contributed by atoms with van der Waals surface area (Å²) in [5.41, 5.74) is 2.92. The second-order valence-corrected chi connectivity index (χ2v) is 11.7. The molecule has 3 fully saturated rings. The highest BCUT2D eigenvalue weighted by Crippen LogP contribution is 2.60. The average Bonchev–Trinajstić information content (AvgIpc) is 3.06. The Morgan fingerprint density at radius 3 is 2.62 bits per heavy atom. The van der Waals surface area contributed by atoms with Crippen molar-refractivity contribution in [1.82, 2.24) is 0 Å². The van der Waals surface area contributed by atoms with Crippen molar-refractivity contribution >= 4 is 0 Å². The van der Waals surface area contributed by atoms with Gasteiger partial charge in [0.15, 0.2) is 0 Å². The van der Waals surface area contributed by atoms with E-state index in [1.54, 1.807) is 0 Å². The fourth-order valence-electron chi connectivity index (χ4n) is 7.01. The number of hydrogen-bond donors (Lipinski definition) is 3. The molecule has 32 heavy (non-hydrogen) atoms. The van der Waals surface area contributed by atoms with Crippen LogP contribution >= 0.6 is 0 Å². The molecule has 3 N–H and O–H groups in total. The maximum atomic E-state index is 10.5. The van der Waals surface area contributed by atoms with Crippen molar-refractivity contribution in [3.8, 4) is 0 Å². The zero-order chi connectivity index (χ0) is 23.7. The van der Waals surface area contributed by atoms with E-state index in [1.807, 2.05) is 13.8 Å². The van der Waals surface area contributed by atoms with E-state index in [0.29, 0.717) is 29.2 Å². The molecule has 0 heterocycles. The Kier molecular flexibility index (Phi) is 8.13. The lowest BCUT2D eigenvalue weighted by atomic mass is 9.60. The number of fused-ring (bicyclic) bond motifs is 1. The Morgan fingerprint density at radius 1 is 1.25 bits per heavy atom. The minimum Gasteiger partial charge on any atom is -0.390 e. The first kappa shape index (κ1) is 25.7. The van der Waals surface area contributed by atoms with Crippen LogP contribution in [0.1, 0.15) is 85.5 Å². The van der Waals surface area contributed by atoms with Gasteiger partial charge in [-0.3, -0.25) is 0 Å². The summed E-state index contributed by atoms with van der Waals surface area (Å²) in [4.78, 5) is 0. The normalized spacial score (nSPS) is 39.5. The molecule has 182 valence electrons. The van der Waals surface area contributed by atoms with E-state index < -0.39 is 23.9 Å². The highest BCUT2D eigenvalue weighted by Gasteiger charge is 2.50. The van der Waals surface area contributed by atoms with E-state index in [0.717, 1.165) is 30.8 Å². The van der Waals surface area contributed by atoms with Crippen LogP contribution in [-0.4, -0.2) is 46.3 Å². The van der Waals surface area contributed by atoms with Crippen LogP contribution in [0.3, 0.4) is 0 Å². The van der Waals surface area contributed by atoms with Crippen LogP contribution in [0.25, 0.3) is 0 Å². The summed E-state index contributed by atoms with van der Waals surface area (Å²) in [6.45, 7) is 12.8. The number of rotatable bonds is 7. The summed E-state index contributed by atoms with van der Waals surface area (Å²) in [5.74, 6) is 2.04. The second-order valence-electron chi connectivity index (χ2n) is 11.7. The van der Waals surface area contributed by atoms with Gasteiger partial charge in [0.05, 0.1) is 11.7 Å². The van der Waals surface area contributed by atoms with Gasteiger partial charge in [-0.25, -0.2) is 0 Å². The van der Waals surface area contributed by atoms with Crippen molar-refractivity contribution in [2.24, 2.45) is 23.2 Å². The third-order valence-electron chi connectivity index (χ3n) is 8.83. The van der Waals surface area contributed by atoms with Crippen LogP contribution in [0, 0.1) is 23.2 Å². The Hall–Kier alpha value is -0.940. The molecule has 4 heteroatoms. The molecule has 3 aliphatic carbocycles. The molecule has 0 amide bonds. The van der Waals surface area contributed by atoms with Crippen LogP contribution < -0.4 is 0 Å². The highest BCUT2D eigenvalue weighted by molar-refractivity contribution is 5.40.